The lowest BCUT2D eigenvalue weighted by atomic mass is 10.0. The van der Waals surface area contributed by atoms with Crippen LogP contribution in [0.1, 0.15) is 35.2 Å². The van der Waals surface area contributed by atoms with Crippen LogP contribution in [0, 0.1) is 0 Å². The fourth-order valence-corrected chi connectivity index (χ4v) is 5.56. The van der Waals surface area contributed by atoms with E-state index in [1.54, 1.807) is 4.31 Å². The van der Waals surface area contributed by atoms with Crippen molar-refractivity contribution in [2.24, 2.45) is 0 Å². The van der Waals surface area contributed by atoms with E-state index in [-0.39, 0.29) is 16.5 Å². The molecule has 2 aliphatic heterocycles. The van der Waals surface area contributed by atoms with Crippen LogP contribution in [0.3, 0.4) is 0 Å². The third-order valence-electron chi connectivity index (χ3n) is 5.23. The maximum absolute atomic E-state index is 13.2. The summed E-state index contributed by atoms with van der Waals surface area (Å²) in [5.74, 6) is -1.41. The summed E-state index contributed by atoms with van der Waals surface area (Å²) in [5, 5.41) is 2.45. The summed E-state index contributed by atoms with van der Waals surface area (Å²) in [7, 11) is -3.71. The summed E-state index contributed by atoms with van der Waals surface area (Å²) in [4.78, 5) is 23.5. The lowest BCUT2D eigenvalue weighted by Gasteiger charge is -2.24. The van der Waals surface area contributed by atoms with Gasteiger partial charge in [-0.1, -0.05) is 30.3 Å². The van der Waals surface area contributed by atoms with Crippen molar-refractivity contribution in [1.82, 2.24) is 4.31 Å². The van der Waals surface area contributed by atoms with Crippen LogP contribution in [-0.4, -0.2) is 37.0 Å². The van der Waals surface area contributed by atoms with Crippen LogP contribution in [0.15, 0.2) is 53.4 Å². The summed E-state index contributed by atoms with van der Waals surface area (Å²) in [6.45, 7) is 0.476. The second-order valence-corrected chi connectivity index (χ2v) is 8.82. The van der Waals surface area contributed by atoms with E-state index in [1.807, 2.05) is 30.3 Å². The standard InChI is InChI=1S/C20H20N2O4S/c23-19-17-13-16(10-11-18(17)21-20(19)24)27(25,26)22-12-4-7-15(22)9-8-14-5-2-1-3-6-14/h1-3,5-6,10-11,13,15H,4,7-9,12H2,(H,21,23,24). The van der Waals surface area contributed by atoms with Gasteiger partial charge in [0, 0.05) is 12.6 Å². The fourth-order valence-electron chi connectivity index (χ4n) is 3.81. The second-order valence-electron chi connectivity index (χ2n) is 6.93. The Hall–Kier alpha value is -2.51. The molecule has 0 saturated carbocycles. The molecule has 7 heteroatoms. The molecule has 2 aromatic rings. The topological polar surface area (TPSA) is 83.6 Å². The molecule has 1 fully saturated rings. The molecular weight excluding hydrogens is 364 g/mol. The number of ketones is 1. The molecule has 0 aromatic heterocycles. The minimum atomic E-state index is -3.71. The van der Waals surface area contributed by atoms with E-state index >= 15 is 0 Å². The molecule has 0 bridgehead atoms. The Bertz CT molecular complexity index is 1000. The van der Waals surface area contributed by atoms with Crippen LogP contribution >= 0.6 is 0 Å². The van der Waals surface area contributed by atoms with Gasteiger partial charge in [0.1, 0.15) is 0 Å². The Kier molecular flexibility index (Phi) is 4.57. The highest BCUT2D eigenvalue weighted by molar-refractivity contribution is 7.89. The summed E-state index contributed by atoms with van der Waals surface area (Å²) in [5.41, 5.74) is 1.68. The number of carbonyl (C=O) groups excluding carboxylic acids is 2. The van der Waals surface area contributed by atoms with Crippen molar-refractivity contribution in [2.75, 3.05) is 11.9 Å². The summed E-state index contributed by atoms with van der Waals surface area (Å²) >= 11 is 0. The minimum Gasteiger partial charge on any atom is -0.318 e. The Morgan fingerprint density at radius 3 is 2.63 bits per heavy atom. The zero-order valence-electron chi connectivity index (χ0n) is 14.7. The summed E-state index contributed by atoms with van der Waals surface area (Å²) < 4.78 is 27.9. The Labute approximate surface area is 158 Å². The van der Waals surface area contributed by atoms with Gasteiger partial charge < -0.3 is 5.32 Å². The molecule has 2 heterocycles. The number of hydrogen-bond donors (Lipinski definition) is 1. The van der Waals surface area contributed by atoms with Gasteiger partial charge in [-0.2, -0.15) is 4.31 Å². The molecule has 140 valence electrons. The zero-order chi connectivity index (χ0) is 19.0. The molecule has 1 unspecified atom stereocenters. The monoisotopic (exact) mass is 384 g/mol. The lowest BCUT2D eigenvalue weighted by molar-refractivity contribution is -0.112. The number of anilines is 1. The molecule has 1 saturated heterocycles. The number of nitrogens with zero attached hydrogens (tertiary/aromatic N) is 1. The van der Waals surface area contributed by atoms with Crippen molar-refractivity contribution in [2.45, 2.75) is 36.6 Å². The van der Waals surface area contributed by atoms with Crippen molar-refractivity contribution in [3.8, 4) is 0 Å². The van der Waals surface area contributed by atoms with Crippen molar-refractivity contribution in [3.63, 3.8) is 0 Å². The molecular formula is C20H20N2O4S. The summed E-state index contributed by atoms with van der Waals surface area (Å²) in [6.07, 6.45) is 3.23. The van der Waals surface area contributed by atoms with Crippen molar-refractivity contribution in [1.29, 1.82) is 0 Å². The molecule has 2 aliphatic rings. The third kappa shape index (κ3) is 3.28. The van der Waals surface area contributed by atoms with Crippen LogP contribution in [0.4, 0.5) is 5.69 Å². The van der Waals surface area contributed by atoms with Crippen LogP contribution in [0.25, 0.3) is 0 Å². The van der Waals surface area contributed by atoms with E-state index in [2.05, 4.69) is 5.32 Å². The number of fused-ring (bicyclic) bond motifs is 1. The molecule has 0 radical (unpaired) electrons. The highest BCUT2D eigenvalue weighted by Gasteiger charge is 2.36. The summed E-state index contributed by atoms with van der Waals surface area (Å²) in [6, 6.07) is 14.2. The lowest BCUT2D eigenvalue weighted by Crippen LogP contribution is -2.35. The molecule has 0 spiro atoms. The average molecular weight is 384 g/mol. The van der Waals surface area contributed by atoms with Gasteiger partial charge in [0.05, 0.1) is 16.1 Å². The van der Waals surface area contributed by atoms with E-state index < -0.39 is 21.7 Å². The van der Waals surface area contributed by atoms with Crippen LogP contribution in [0.5, 0.6) is 0 Å². The molecule has 2 aromatic carbocycles. The highest BCUT2D eigenvalue weighted by Crippen LogP contribution is 2.32. The predicted molar refractivity (Wildman–Crippen MR) is 101 cm³/mol. The van der Waals surface area contributed by atoms with E-state index in [0.29, 0.717) is 12.2 Å². The highest BCUT2D eigenvalue weighted by atomic mass is 32.2. The van der Waals surface area contributed by atoms with Gasteiger partial charge in [0.15, 0.2) is 0 Å². The number of Topliss-reactive ketones (excluding diaryl/α,β-unsaturated/α-hetero) is 1. The van der Waals surface area contributed by atoms with E-state index in [9.17, 15) is 18.0 Å². The largest absolute Gasteiger partial charge is 0.318 e. The number of nitrogens with one attached hydrogen (secondary N) is 1. The maximum atomic E-state index is 13.2. The maximum Gasteiger partial charge on any atom is 0.296 e. The first-order valence-corrected chi connectivity index (χ1v) is 10.5. The molecule has 0 aliphatic carbocycles. The van der Waals surface area contributed by atoms with Gasteiger partial charge in [0.2, 0.25) is 10.0 Å². The van der Waals surface area contributed by atoms with Crippen molar-refractivity contribution < 1.29 is 18.0 Å². The molecule has 4 rings (SSSR count). The number of sulfonamides is 1. The van der Waals surface area contributed by atoms with Crippen LogP contribution < -0.4 is 5.32 Å². The number of amides is 1. The van der Waals surface area contributed by atoms with Crippen molar-refractivity contribution in [3.05, 3.63) is 59.7 Å². The van der Waals surface area contributed by atoms with Crippen molar-refractivity contribution >= 4 is 27.4 Å². The van der Waals surface area contributed by atoms with Crippen LogP contribution in [0.2, 0.25) is 0 Å². The fraction of sp³-hybridized carbons (Fsp3) is 0.300. The molecule has 1 amide bonds. The molecule has 27 heavy (non-hydrogen) atoms. The SMILES string of the molecule is O=C1Nc2ccc(S(=O)(=O)N3CCCC3CCc3ccccc3)cc2C1=O. The van der Waals surface area contributed by atoms with Crippen LogP contribution in [-0.2, 0) is 21.2 Å². The van der Waals surface area contributed by atoms with E-state index in [4.69, 9.17) is 0 Å². The number of carbonyl (C=O) groups is 2. The normalized spacial score (nSPS) is 19.9. The number of aryl methyl sites for hydroxylation is 1. The number of hydrogen-bond acceptors (Lipinski definition) is 4. The van der Waals surface area contributed by atoms with Gasteiger partial charge in [-0.15, -0.1) is 0 Å². The predicted octanol–water partition coefficient (Wildman–Crippen LogP) is 2.61. The smallest absolute Gasteiger partial charge is 0.296 e. The quantitative estimate of drug-likeness (QED) is 0.803. The minimum absolute atomic E-state index is 0.0566. The first kappa shape index (κ1) is 17.9. The van der Waals surface area contributed by atoms with Gasteiger partial charge in [-0.3, -0.25) is 9.59 Å². The van der Waals surface area contributed by atoms with Gasteiger partial charge >= 0.3 is 0 Å². The van der Waals surface area contributed by atoms with Gasteiger partial charge in [0.25, 0.3) is 11.7 Å². The average Bonchev–Trinajstić information content (AvgIpc) is 3.26. The molecule has 1 atom stereocenters. The third-order valence-corrected chi connectivity index (χ3v) is 7.18. The Morgan fingerprint density at radius 1 is 1.07 bits per heavy atom. The number of benzene rings is 2. The first-order valence-electron chi connectivity index (χ1n) is 9.02. The Morgan fingerprint density at radius 2 is 1.85 bits per heavy atom. The van der Waals surface area contributed by atoms with E-state index in [1.165, 1.54) is 23.8 Å². The number of rotatable bonds is 5. The zero-order valence-corrected chi connectivity index (χ0v) is 15.5. The molecule has 6 nitrogen and oxygen atoms in total. The molecule has 1 N–H and O–H groups in total. The first-order chi connectivity index (χ1) is 13.0. The van der Waals surface area contributed by atoms with Gasteiger partial charge in [-0.05, 0) is 49.4 Å². The van der Waals surface area contributed by atoms with Gasteiger partial charge in [-0.25, -0.2) is 8.42 Å². The van der Waals surface area contributed by atoms with E-state index in [0.717, 1.165) is 25.7 Å². The second kappa shape index (κ2) is 6.90. The Balaban J connectivity index is 1.56.